The van der Waals surface area contributed by atoms with Gasteiger partial charge in [-0.1, -0.05) is 27.7 Å². The fourth-order valence-corrected chi connectivity index (χ4v) is 7.18. The Morgan fingerprint density at radius 1 is 0.429 bits per heavy atom. The molecule has 0 aliphatic heterocycles. The quantitative estimate of drug-likeness (QED) is 0.0442. The summed E-state index contributed by atoms with van der Waals surface area (Å²) in [5.74, 6) is -4.22. The number of hydrogen-bond acceptors (Lipinski definition) is 13. The van der Waals surface area contributed by atoms with Crippen molar-refractivity contribution in [2.75, 3.05) is 27.7 Å². The van der Waals surface area contributed by atoms with Crippen molar-refractivity contribution >= 4 is 70.5 Å². The van der Waals surface area contributed by atoms with Crippen LogP contribution in [0.3, 0.4) is 0 Å². The first-order chi connectivity index (χ1) is 32.5. The van der Waals surface area contributed by atoms with Gasteiger partial charge in [0.15, 0.2) is 0 Å². The Balaban J connectivity index is -0.00000127. The number of rotatable bonds is 38. The smallest absolute Gasteiger partial charge is 0.668 e. The van der Waals surface area contributed by atoms with E-state index in [-0.39, 0.29) is 184 Å². The van der Waals surface area contributed by atoms with Gasteiger partial charge < -0.3 is 64.0 Å². The van der Waals surface area contributed by atoms with Crippen molar-refractivity contribution in [2.24, 2.45) is 5.73 Å². The second-order valence-electron chi connectivity index (χ2n) is 17.0. The standard InChI is InChI=1S/C24H43N5O6.C23H41N5O6.W/c1-4-17(30)10-14-24(13-6-7-22(34)27-3,15-11-18(31)12-16-25)29-23(35)19(8-9-20(26)32)28-21(33)5-2;1-5-16(29)11-14-23(15-12-21(33)26-4,13-7-8-20(32)25-3)28-22(34)17(9-10-18(24)30)27-19(31)6-2;/h19H,4-16,25H2,1-3H3,(H5,26,27,28,29,32,33,34,35);17H,5-15H2,1-4H3,(H6,24,25,26,27,28,30,31,32,33,34);/q;;+2/p-2/t19-,24?;17-,23?;/m10./s1. The van der Waals surface area contributed by atoms with Gasteiger partial charge in [-0.2, -0.15) is 0 Å². The third-order valence-electron chi connectivity index (χ3n) is 11.7. The zero-order chi connectivity index (χ0) is 53.0. The van der Waals surface area contributed by atoms with Crippen molar-refractivity contribution in [1.29, 1.82) is 0 Å². The zero-order valence-corrected chi connectivity index (χ0v) is 45.4. The van der Waals surface area contributed by atoms with Gasteiger partial charge in [0.05, 0.1) is 0 Å². The molecule has 398 valence electrons. The molecule has 2 unspecified atom stereocenters. The van der Waals surface area contributed by atoms with E-state index in [4.69, 9.17) is 17.2 Å². The van der Waals surface area contributed by atoms with Crippen molar-refractivity contribution in [3.05, 3.63) is 11.5 Å². The van der Waals surface area contributed by atoms with Gasteiger partial charge in [0, 0.05) is 115 Å². The topological polar surface area (TPSA) is 363 Å². The Kier molecular flexibility index (Phi) is 39.1. The van der Waals surface area contributed by atoms with Crippen LogP contribution in [0, 0.1) is 0 Å². The van der Waals surface area contributed by atoms with Gasteiger partial charge in [-0.25, -0.2) is 0 Å². The molecule has 0 rings (SSSR count). The van der Waals surface area contributed by atoms with Crippen LogP contribution in [-0.4, -0.2) is 121 Å². The van der Waals surface area contributed by atoms with Gasteiger partial charge in [-0.15, -0.1) is 0 Å². The summed E-state index contributed by atoms with van der Waals surface area (Å²) in [6.07, 6.45) is 4.10. The van der Waals surface area contributed by atoms with E-state index in [0.717, 1.165) is 0 Å². The third kappa shape index (κ3) is 32.7. The van der Waals surface area contributed by atoms with Crippen molar-refractivity contribution in [2.45, 2.75) is 199 Å². The average molecular weight is 1160 g/mol. The monoisotopic (exact) mass is 1160 g/mol. The van der Waals surface area contributed by atoms with Gasteiger partial charge in [0.2, 0.25) is 41.4 Å². The van der Waals surface area contributed by atoms with Crippen LogP contribution >= 0.6 is 0 Å². The Labute approximate surface area is 428 Å². The predicted molar refractivity (Wildman–Crippen MR) is 259 cm³/mol. The van der Waals surface area contributed by atoms with Crippen LogP contribution in [0.4, 0.5) is 0 Å². The molecule has 23 heteroatoms. The minimum absolute atomic E-state index is 0. The molecule has 0 aromatic rings. The molecule has 70 heavy (non-hydrogen) atoms. The summed E-state index contributed by atoms with van der Waals surface area (Å²) < 4.78 is 0. The van der Waals surface area contributed by atoms with Crippen LogP contribution in [0.25, 0.3) is 11.5 Å². The van der Waals surface area contributed by atoms with Gasteiger partial charge >= 0.3 is 21.1 Å². The predicted octanol–water partition coefficient (Wildman–Crippen LogP) is 2.76. The number of nitrogens with one attached hydrogen (secondary N) is 9. The van der Waals surface area contributed by atoms with E-state index in [2.05, 4.69) is 37.2 Å². The Morgan fingerprint density at radius 2 is 0.757 bits per heavy atom. The molecule has 0 fully saturated rings. The van der Waals surface area contributed by atoms with Crippen molar-refractivity contribution in [3.8, 4) is 0 Å². The minimum Gasteiger partial charge on any atom is -0.668 e. The number of carbonyl (C=O) groups excluding carboxylic acids is 12. The molecule has 22 nitrogen and oxygen atoms in total. The van der Waals surface area contributed by atoms with Gasteiger partial charge in [-0.3, -0.25) is 47.9 Å². The molecule has 4 atom stereocenters. The van der Waals surface area contributed by atoms with Crippen molar-refractivity contribution in [1.82, 2.24) is 37.2 Å². The molecular weight excluding hydrogens is 1080 g/mol. The van der Waals surface area contributed by atoms with E-state index >= 15 is 0 Å². The van der Waals surface area contributed by atoms with Crippen LogP contribution < -0.4 is 43.0 Å². The second-order valence-corrected chi connectivity index (χ2v) is 17.0. The maximum absolute atomic E-state index is 13.3. The zero-order valence-electron chi connectivity index (χ0n) is 42.5. The first kappa shape index (κ1) is 69.1. The molecule has 0 aromatic heterocycles. The number of carbonyl (C=O) groups is 12. The van der Waals surface area contributed by atoms with E-state index < -0.39 is 46.8 Å². The summed E-state index contributed by atoms with van der Waals surface area (Å²) >= 11 is 0. The first-order valence-corrected chi connectivity index (χ1v) is 24.1. The van der Waals surface area contributed by atoms with Crippen LogP contribution in [0.15, 0.2) is 0 Å². The number of hydrogen-bond donors (Lipinski definition) is 8. The SMILES string of the molecule is CCC(=O)CCC(CCCC(=O)NC)(CCC(=O)CCN)NC(=O)[C@@H](CCC([NH-])=O)NC(=O)CC.CCC(=O)CCC(CCCC(=O)NC)(CCC(=O)NC)NC(=O)[C@H](CCC([NH-])=O)NC(=O)CC.[W+2]. The molecule has 0 aliphatic carbocycles. The Morgan fingerprint density at radius 3 is 1.06 bits per heavy atom. The molecule has 0 saturated carbocycles. The Bertz CT molecular complexity index is 1700. The van der Waals surface area contributed by atoms with Crippen LogP contribution in [0.1, 0.15) is 175 Å². The van der Waals surface area contributed by atoms with E-state index in [9.17, 15) is 57.5 Å². The minimum atomic E-state index is -1.04. The Hall–Kier alpha value is -5.11. The summed E-state index contributed by atoms with van der Waals surface area (Å²) in [6, 6.07) is -2.08. The maximum atomic E-state index is 13.3. The number of Topliss-reactive ketones (excluding diaryl/α,β-unsaturated/α-hetero) is 3. The molecule has 0 aromatic carbocycles. The molecule has 0 bridgehead atoms. The maximum Gasteiger partial charge on any atom is 2.00 e. The fraction of sp³-hybridized carbons (Fsp3) is 0.745. The largest absolute Gasteiger partial charge is 2.00 e. The number of nitrogens with two attached hydrogens (primary N) is 1. The van der Waals surface area contributed by atoms with E-state index in [1.54, 1.807) is 27.7 Å². The molecule has 0 saturated heterocycles. The van der Waals surface area contributed by atoms with Gasteiger partial charge in [-0.05, 0) is 83.6 Å². The number of amides is 9. The van der Waals surface area contributed by atoms with Crippen molar-refractivity contribution < 1.29 is 78.6 Å². The van der Waals surface area contributed by atoms with Crippen LogP contribution in [0.2, 0.25) is 0 Å². The first-order valence-electron chi connectivity index (χ1n) is 24.1. The molecular formula is C47H82N10O12W. The average Bonchev–Trinajstić information content (AvgIpc) is 3.32. The van der Waals surface area contributed by atoms with Crippen LogP contribution in [-0.2, 0) is 78.6 Å². The summed E-state index contributed by atoms with van der Waals surface area (Å²) in [5, 5.41) is 18.7. The molecule has 11 N–H and O–H groups in total. The van der Waals surface area contributed by atoms with Gasteiger partial charge in [0.25, 0.3) is 0 Å². The summed E-state index contributed by atoms with van der Waals surface area (Å²) in [4.78, 5) is 145. The van der Waals surface area contributed by atoms with Crippen LogP contribution in [0.5, 0.6) is 0 Å². The summed E-state index contributed by atoms with van der Waals surface area (Å²) in [6.45, 7) is 6.95. The normalized spacial score (nSPS) is 13.0. The molecule has 0 spiro atoms. The second kappa shape index (κ2) is 39.6. The fourth-order valence-electron chi connectivity index (χ4n) is 7.18. The summed E-state index contributed by atoms with van der Waals surface area (Å²) in [7, 11) is 4.55. The van der Waals surface area contributed by atoms with Crippen molar-refractivity contribution in [3.63, 3.8) is 0 Å². The van der Waals surface area contributed by atoms with E-state index in [1.807, 2.05) is 0 Å². The van der Waals surface area contributed by atoms with Gasteiger partial charge in [0.1, 0.15) is 29.4 Å². The summed E-state index contributed by atoms with van der Waals surface area (Å²) in [5.41, 5.74) is 17.8. The van der Waals surface area contributed by atoms with E-state index in [1.165, 1.54) is 21.1 Å². The van der Waals surface area contributed by atoms with E-state index in [0.29, 0.717) is 38.5 Å². The third-order valence-corrected chi connectivity index (χ3v) is 11.7. The molecule has 0 aliphatic rings. The molecule has 9 amide bonds. The number of ketones is 3. The molecule has 0 heterocycles. The molecule has 0 radical (unpaired) electrons.